The van der Waals surface area contributed by atoms with E-state index in [4.69, 9.17) is 14.2 Å². The predicted molar refractivity (Wildman–Crippen MR) is 184 cm³/mol. The van der Waals surface area contributed by atoms with Crippen molar-refractivity contribution in [3.8, 4) is 17.5 Å². The third-order valence-electron chi connectivity index (χ3n) is 8.57. The van der Waals surface area contributed by atoms with Crippen molar-refractivity contribution < 1.29 is 14.2 Å². The average molecular weight is 639 g/mol. The number of para-hydroxylation sites is 1. The maximum absolute atomic E-state index is 5.96. The van der Waals surface area contributed by atoms with Crippen molar-refractivity contribution in [2.24, 2.45) is 0 Å². The van der Waals surface area contributed by atoms with Crippen molar-refractivity contribution in [2.75, 3.05) is 82.0 Å². The van der Waals surface area contributed by atoms with E-state index >= 15 is 0 Å². The standard InChI is InChI=1S/C18H24N4O2.C18H22N4O/c1-2-6-16(7-3-1)23-12-4-5-13-24-18-15-20-14-17(21-18)22-10-8-19-9-11-22;1-2-4-16-14(3-1)5-6-15(16)13-23-18-12-20-11-17(21-18)22-9-7-19-8-10-22/h1-3,6-7,14-15,19H,4-5,8-13H2;1-4,11-12,15,19H,5-10,13H2. The zero-order chi connectivity index (χ0) is 31.9. The van der Waals surface area contributed by atoms with Gasteiger partial charge in [0.05, 0.1) is 44.6 Å². The Morgan fingerprint density at radius 2 is 1.21 bits per heavy atom. The third kappa shape index (κ3) is 9.76. The van der Waals surface area contributed by atoms with E-state index in [9.17, 15) is 0 Å². The fourth-order valence-electron chi connectivity index (χ4n) is 6.00. The number of aromatic nitrogens is 4. The molecule has 0 amide bonds. The minimum atomic E-state index is 0.468. The summed E-state index contributed by atoms with van der Waals surface area (Å²) in [6.45, 7) is 9.78. The molecule has 2 saturated heterocycles. The average Bonchev–Trinajstić information content (AvgIpc) is 3.57. The van der Waals surface area contributed by atoms with Crippen LogP contribution in [0, 0.1) is 0 Å². The number of anilines is 2. The molecule has 1 atom stereocenters. The van der Waals surface area contributed by atoms with Crippen molar-refractivity contribution in [1.82, 2.24) is 30.6 Å². The summed E-state index contributed by atoms with van der Waals surface area (Å²) in [5.41, 5.74) is 2.89. The monoisotopic (exact) mass is 638 g/mol. The highest BCUT2D eigenvalue weighted by atomic mass is 16.5. The maximum Gasteiger partial charge on any atom is 0.234 e. The van der Waals surface area contributed by atoms with E-state index in [1.165, 1.54) is 11.1 Å². The number of fused-ring (bicyclic) bond motifs is 1. The molecule has 2 aromatic heterocycles. The smallest absolute Gasteiger partial charge is 0.234 e. The number of nitrogens with zero attached hydrogens (tertiary/aromatic N) is 6. The largest absolute Gasteiger partial charge is 0.494 e. The molecule has 4 heterocycles. The van der Waals surface area contributed by atoms with Gasteiger partial charge in [0.15, 0.2) is 11.6 Å². The van der Waals surface area contributed by atoms with Gasteiger partial charge in [-0.15, -0.1) is 0 Å². The Morgan fingerprint density at radius 3 is 1.87 bits per heavy atom. The van der Waals surface area contributed by atoms with Crippen LogP contribution in [0.3, 0.4) is 0 Å². The molecule has 1 unspecified atom stereocenters. The van der Waals surface area contributed by atoms with Crippen molar-refractivity contribution in [2.45, 2.75) is 31.6 Å². The number of hydrogen-bond donors (Lipinski definition) is 2. The van der Waals surface area contributed by atoms with E-state index < -0.39 is 0 Å². The van der Waals surface area contributed by atoms with Gasteiger partial charge in [0.2, 0.25) is 11.8 Å². The van der Waals surface area contributed by atoms with Crippen LogP contribution < -0.4 is 34.6 Å². The summed E-state index contributed by atoms with van der Waals surface area (Å²) in [4.78, 5) is 22.2. The van der Waals surface area contributed by atoms with Crippen molar-refractivity contribution in [3.05, 3.63) is 90.5 Å². The summed E-state index contributed by atoms with van der Waals surface area (Å²) in [5, 5.41) is 6.68. The number of benzene rings is 2. The Morgan fingerprint density at radius 1 is 0.638 bits per heavy atom. The van der Waals surface area contributed by atoms with Crippen LogP contribution in [0.4, 0.5) is 11.6 Å². The minimum absolute atomic E-state index is 0.468. The first-order valence-corrected chi connectivity index (χ1v) is 16.9. The van der Waals surface area contributed by atoms with E-state index in [1.54, 1.807) is 18.6 Å². The number of rotatable bonds is 12. The number of piperazine rings is 2. The zero-order valence-corrected chi connectivity index (χ0v) is 27.1. The molecule has 7 rings (SSSR count). The molecule has 2 N–H and O–H groups in total. The van der Waals surface area contributed by atoms with Crippen LogP contribution in [0.25, 0.3) is 0 Å². The quantitative estimate of drug-likeness (QED) is 0.219. The van der Waals surface area contributed by atoms with Crippen LogP contribution in [0.1, 0.15) is 36.3 Å². The van der Waals surface area contributed by atoms with E-state index in [0.29, 0.717) is 37.5 Å². The van der Waals surface area contributed by atoms with Gasteiger partial charge < -0.3 is 34.6 Å². The minimum Gasteiger partial charge on any atom is -0.494 e. The summed E-state index contributed by atoms with van der Waals surface area (Å²) < 4.78 is 17.3. The normalized spacial score (nSPS) is 17.3. The van der Waals surface area contributed by atoms with Gasteiger partial charge >= 0.3 is 0 Å². The van der Waals surface area contributed by atoms with Crippen LogP contribution in [0.2, 0.25) is 0 Å². The summed E-state index contributed by atoms with van der Waals surface area (Å²) in [6, 6.07) is 18.5. The highest BCUT2D eigenvalue weighted by Gasteiger charge is 2.23. The van der Waals surface area contributed by atoms with Crippen molar-refractivity contribution in [1.29, 1.82) is 0 Å². The SMILES string of the molecule is c1ccc(OCCCCOc2cncc(N3CCNCC3)n2)cc1.c1ccc2c(c1)CCC2COc1cncc(N2CCNCC2)n1. The lowest BCUT2D eigenvalue weighted by Gasteiger charge is -2.28. The van der Waals surface area contributed by atoms with E-state index in [1.807, 2.05) is 36.5 Å². The van der Waals surface area contributed by atoms with Crippen molar-refractivity contribution in [3.63, 3.8) is 0 Å². The molecule has 0 radical (unpaired) electrons. The van der Waals surface area contributed by atoms with Gasteiger partial charge in [-0.1, -0.05) is 42.5 Å². The summed E-state index contributed by atoms with van der Waals surface area (Å²) in [5.74, 6) is 4.40. The summed E-state index contributed by atoms with van der Waals surface area (Å²) in [7, 11) is 0. The number of nitrogens with one attached hydrogen (secondary N) is 2. The molecule has 4 aromatic rings. The van der Waals surface area contributed by atoms with Crippen LogP contribution in [0.15, 0.2) is 79.4 Å². The first-order chi connectivity index (χ1) is 23.3. The number of ether oxygens (including phenoxy) is 3. The highest BCUT2D eigenvalue weighted by molar-refractivity contribution is 5.39. The van der Waals surface area contributed by atoms with Crippen LogP contribution >= 0.6 is 0 Å². The topological polar surface area (TPSA) is 110 Å². The molecule has 11 heteroatoms. The lowest BCUT2D eigenvalue weighted by Crippen LogP contribution is -2.43. The van der Waals surface area contributed by atoms with Gasteiger partial charge in [0.25, 0.3) is 0 Å². The first-order valence-electron chi connectivity index (χ1n) is 16.9. The summed E-state index contributed by atoms with van der Waals surface area (Å²) >= 11 is 0. The maximum atomic E-state index is 5.96. The van der Waals surface area contributed by atoms with Gasteiger partial charge in [0, 0.05) is 58.3 Å². The highest BCUT2D eigenvalue weighted by Crippen LogP contribution is 2.33. The zero-order valence-electron chi connectivity index (χ0n) is 27.1. The molecule has 0 bridgehead atoms. The molecular formula is C36H46N8O3. The second-order valence-corrected chi connectivity index (χ2v) is 11.9. The molecule has 248 valence electrons. The van der Waals surface area contributed by atoms with E-state index in [2.05, 4.69) is 64.6 Å². The lowest BCUT2D eigenvalue weighted by molar-refractivity contribution is 0.260. The molecule has 2 aromatic carbocycles. The van der Waals surface area contributed by atoms with Gasteiger partial charge in [-0.05, 0) is 48.9 Å². The lowest BCUT2D eigenvalue weighted by atomic mass is 10.0. The molecule has 2 fully saturated rings. The molecule has 11 nitrogen and oxygen atoms in total. The number of unbranched alkanes of at least 4 members (excludes halogenated alkanes) is 1. The number of aryl methyl sites for hydroxylation is 1. The molecular weight excluding hydrogens is 592 g/mol. The van der Waals surface area contributed by atoms with Gasteiger partial charge in [-0.3, -0.25) is 9.97 Å². The number of hydrogen-bond acceptors (Lipinski definition) is 11. The molecule has 2 aliphatic heterocycles. The fraction of sp³-hybridized carbons (Fsp3) is 0.444. The Kier molecular flexibility index (Phi) is 12.0. The molecule has 0 spiro atoms. The van der Waals surface area contributed by atoms with Crippen LogP contribution in [0.5, 0.6) is 17.5 Å². The second kappa shape index (κ2) is 17.4. The van der Waals surface area contributed by atoms with E-state index in [-0.39, 0.29) is 0 Å². The van der Waals surface area contributed by atoms with Crippen LogP contribution in [-0.4, -0.2) is 92.1 Å². The molecule has 1 aliphatic carbocycles. The first kappa shape index (κ1) is 32.5. The van der Waals surface area contributed by atoms with Crippen LogP contribution in [-0.2, 0) is 6.42 Å². The Bertz CT molecular complexity index is 1500. The predicted octanol–water partition coefficient (Wildman–Crippen LogP) is 4.12. The third-order valence-corrected chi connectivity index (χ3v) is 8.57. The van der Waals surface area contributed by atoms with Crippen molar-refractivity contribution >= 4 is 11.6 Å². The van der Waals surface area contributed by atoms with Gasteiger partial charge in [-0.25, -0.2) is 0 Å². The Balaban J connectivity index is 0.000000164. The Labute approximate surface area is 277 Å². The Hall–Kier alpha value is -4.48. The van der Waals surface area contributed by atoms with E-state index in [0.717, 1.165) is 95.4 Å². The molecule has 3 aliphatic rings. The molecule has 47 heavy (non-hydrogen) atoms. The second-order valence-electron chi connectivity index (χ2n) is 11.9. The van der Waals surface area contributed by atoms with Gasteiger partial charge in [0.1, 0.15) is 5.75 Å². The van der Waals surface area contributed by atoms with Gasteiger partial charge in [-0.2, -0.15) is 9.97 Å². The summed E-state index contributed by atoms with van der Waals surface area (Å²) in [6.07, 6.45) is 11.2. The molecule has 0 saturated carbocycles. The fourth-order valence-corrected chi connectivity index (χ4v) is 6.00.